The van der Waals surface area contributed by atoms with Crippen LogP contribution in [0.2, 0.25) is 0 Å². The van der Waals surface area contributed by atoms with Crippen molar-refractivity contribution in [3.63, 3.8) is 0 Å². The second-order valence-electron chi connectivity index (χ2n) is 4.94. The first-order chi connectivity index (χ1) is 12.1. The topological polar surface area (TPSA) is 49.3 Å². The van der Waals surface area contributed by atoms with E-state index in [-0.39, 0.29) is 11.7 Å². The predicted molar refractivity (Wildman–Crippen MR) is 105 cm³/mol. The van der Waals surface area contributed by atoms with E-state index in [9.17, 15) is 9.90 Å². The lowest BCUT2D eigenvalue weighted by molar-refractivity contribution is 0.0967. The van der Waals surface area contributed by atoms with Gasteiger partial charge in [0.25, 0.3) is 5.91 Å². The third-order valence-corrected chi connectivity index (χ3v) is 3.25. The first kappa shape index (κ1) is 20.0. The molecule has 0 aliphatic carbocycles. The Labute approximate surface area is 150 Å². The minimum absolute atomic E-state index is 0.173. The Hall–Kier alpha value is -3.07. The van der Waals surface area contributed by atoms with Gasteiger partial charge in [-0.25, -0.2) is 0 Å². The minimum Gasteiger partial charge on any atom is -0.508 e. The van der Waals surface area contributed by atoms with E-state index in [4.69, 9.17) is 0 Å². The number of nitrogens with one attached hydrogen (secondary N) is 1. The van der Waals surface area contributed by atoms with Crippen LogP contribution in [0.5, 0.6) is 5.75 Å². The lowest BCUT2D eigenvalue weighted by atomic mass is 10.0. The number of amides is 1. The number of carbonyl (C=O) groups is 1. The second kappa shape index (κ2) is 10.7. The highest BCUT2D eigenvalue weighted by Crippen LogP contribution is 2.22. The van der Waals surface area contributed by atoms with Crippen LogP contribution in [-0.4, -0.2) is 11.0 Å². The molecule has 0 aliphatic heterocycles. The summed E-state index contributed by atoms with van der Waals surface area (Å²) in [4.78, 5) is 12.2. The normalized spacial score (nSPS) is 10.8. The van der Waals surface area contributed by atoms with Gasteiger partial charge in [-0.1, -0.05) is 56.8 Å². The van der Waals surface area contributed by atoms with Gasteiger partial charge in [-0.15, -0.1) is 0 Å². The van der Waals surface area contributed by atoms with Gasteiger partial charge in [-0.05, 0) is 54.5 Å². The molecule has 0 aromatic heterocycles. The smallest absolute Gasteiger partial charge is 0.255 e. The van der Waals surface area contributed by atoms with Crippen LogP contribution in [0.1, 0.15) is 31.1 Å². The molecule has 2 aromatic carbocycles. The van der Waals surface area contributed by atoms with Crippen LogP contribution in [0.25, 0.3) is 11.1 Å². The summed E-state index contributed by atoms with van der Waals surface area (Å²) in [6.07, 6.45) is 7.03. The molecule has 0 spiro atoms. The highest BCUT2D eigenvalue weighted by molar-refractivity contribution is 5.96. The molecule has 25 heavy (non-hydrogen) atoms. The molecule has 0 fully saturated rings. The van der Waals surface area contributed by atoms with E-state index in [0.29, 0.717) is 11.3 Å². The van der Waals surface area contributed by atoms with Crippen LogP contribution < -0.4 is 5.32 Å². The monoisotopic (exact) mass is 335 g/mol. The maximum absolute atomic E-state index is 12.2. The fourth-order valence-electron chi connectivity index (χ4n) is 2.12. The molecule has 0 atom stereocenters. The van der Waals surface area contributed by atoms with Gasteiger partial charge in [0.1, 0.15) is 5.75 Å². The molecule has 2 aromatic rings. The number of rotatable bonds is 5. The van der Waals surface area contributed by atoms with E-state index >= 15 is 0 Å². The Morgan fingerprint density at radius 3 is 2.00 bits per heavy atom. The highest BCUT2D eigenvalue weighted by Gasteiger charge is 2.06. The number of carbonyl (C=O) groups excluding carboxylic acids is 1. The lowest BCUT2D eigenvalue weighted by Gasteiger charge is -2.07. The van der Waals surface area contributed by atoms with Gasteiger partial charge in [0.2, 0.25) is 0 Å². The van der Waals surface area contributed by atoms with Gasteiger partial charge in [-0.2, -0.15) is 0 Å². The fourth-order valence-corrected chi connectivity index (χ4v) is 2.12. The summed E-state index contributed by atoms with van der Waals surface area (Å²) >= 11 is 0. The van der Waals surface area contributed by atoms with E-state index < -0.39 is 0 Å². The fraction of sp³-hybridized carbons (Fsp3) is 0.136. The van der Waals surface area contributed by atoms with Crippen molar-refractivity contribution in [1.29, 1.82) is 0 Å². The van der Waals surface area contributed by atoms with E-state index in [2.05, 4.69) is 11.9 Å². The Morgan fingerprint density at radius 1 is 1.00 bits per heavy atom. The molecule has 0 bridgehead atoms. The first-order valence-corrected chi connectivity index (χ1v) is 8.30. The zero-order valence-electron chi connectivity index (χ0n) is 15.0. The summed E-state index contributed by atoms with van der Waals surface area (Å²) in [5.41, 5.74) is 3.23. The van der Waals surface area contributed by atoms with Gasteiger partial charge in [0, 0.05) is 11.3 Å². The van der Waals surface area contributed by atoms with Crippen molar-refractivity contribution in [3.8, 4) is 16.9 Å². The SMILES string of the molecule is C=C/C=C(\C=C/C)NC(=O)c1ccc(-c2ccc(O)cc2)cc1.CC. The summed E-state index contributed by atoms with van der Waals surface area (Å²) < 4.78 is 0. The molecule has 1 amide bonds. The molecule has 3 heteroatoms. The van der Waals surface area contributed by atoms with Crippen molar-refractivity contribution < 1.29 is 9.90 Å². The van der Waals surface area contributed by atoms with Crippen molar-refractivity contribution in [2.24, 2.45) is 0 Å². The average molecular weight is 335 g/mol. The van der Waals surface area contributed by atoms with Crippen molar-refractivity contribution in [3.05, 3.63) is 90.7 Å². The zero-order chi connectivity index (χ0) is 18.7. The van der Waals surface area contributed by atoms with Crippen LogP contribution in [0.4, 0.5) is 0 Å². The number of hydrogen-bond acceptors (Lipinski definition) is 2. The predicted octanol–water partition coefficient (Wildman–Crippen LogP) is 5.46. The third kappa shape index (κ3) is 6.15. The number of hydrogen-bond donors (Lipinski definition) is 2. The number of phenols is 1. The average Bonchev–Trinajstić information content (AvgIpc) is 2.64. The summed E-state index contributed by atoms with van der Waals surface area (Å²) in [5, 5.41) is 12.2. The van der Waals surface area contributed by atoms with Crippen LogP contribution in [0.3, 0.4) is 0 Å². The Balaban J connectivity index is 0.00000151. The van der Waals surface area contributed by atoms with Crippen molar-refractivity contribution in [2.45, 2.75) is 20.8 Å². The van der Waals surface area contributed by atoms with Gasteiger partial charge in [-0.3, -0.25) is 4.79 Å². The Kier molecular flexibility index (Phi) is 8.52. The largest absolute Gasteiger partial charge is 0.508 e. The number of allylic oxidation sites excluding steroid dienone is 4. The van der Waals surface area contributed by atoms with E-state index in [1.165, 1.54) is 0 Å². The molecule has 130 valence electrons. The highest BCUT2D eigenvalue weighted by atomic mass is 16.3. The molecule has 0 heterocycles. The number of phenolic OH excluding ortho intramolecular Hbond substituents is 1. The van der Waals surface area contributed by atoms with Gasteiger partial charge < -0.3 is 10.4 Å². The molecular weight excluding hydrogens is 310 g/mol. The summed E-state index contributed by atoms with van der Waals surface area (Å²) in [7, 11) is 0. The molecular formula is C22H25NO2. The minimum atomic E-state index is -0.173. The maximum Gasteiger partial charge on any atom is 0.255 e. The second-order valence-corrected chi connectivity index (χ2v) is 4.94. The lowest BCUT2D eigenvalue weighted by Crippen LogP contribution is -2.21. The molecule has 2 N–H and O–H groups in total. The van der Waals surface area contributed by atoms with Crippen molar-refractivity contribution in [1.82, 2.24) is 5.32 Å². The summed E-state index contributed by atoms with van der Waals surface area (Å²) in [5.74, 6) is 0.0590. The molecule has 0 saturated carbocycles. The molecule has 2 rings (SSSR count). The van der Waals surface area contributed by atoms with Gasteiger partial charge in [0.15, 0.2) is 0 Å². The van der Waals surface area contributed by atoms with Crippen LogP contribution in [0.15, 0.2) is 85.1 Å². The van der Waals surface area contributed by atoms with Crippen LogP contribution in [0, 0.1) is 0 Å². The zero-order valence-corrected chi connectivity index (χ0v) is 15.0. The number of benzene rings is 2. The quantitative estimate of drug-likeness (QED) is 0.713. The number of aromatic hydroxyl groups is 1. The molecule has 0 saturated heterocycles. The Morgan fingerprint density at radius 2 is 1.52 bits per heavy atom. The van der Waals surface area contributed by atoms with Crippen LogP contribution >= 0.6 is 0 Å². The Bertz CT molecular complexity index is 739. The van der Waals surface area contributed by atoms with E-state index in [0.717, 1.165) is 11.1 Å². The molecule has 0 radical (unpaired) electrons. The van der Waals surface area contributed by atoms with Gasteiger partial charge >= 0.3 is 0 Å². The molecule has 0 unspecified atom stereocenters. The molecule has 0 aliphatic rings. The third-order valence-electron chi connectivity index (χ3n) is 3.25. The van der Waals surface area contributed by atoms with Crippen LogP contribution in [-0.2, 0) is 0 Å². The summed E-state index contributed by atoms with van der Waals surface area (Å²) in [6, 6.07) is 14.3. The van der Waals surface area contributed by atoms with Crippen molar-refractivity contribution >= 4 is 5.91 Å². The van der Waals surface area contributed by atoms with Crippen molar-refractivity contribution in [2.75, 3.05) is 0 Å². The first-order valence-electron chi connectivity index (χ1n) is 8.30. The van der Waals surface area contributed by atoms with E-state index in [1.807, 2.05) is 57.2 Å². The molecule has 3 nitrogen and oxygen atoms in total. The standard InChI is InChI=1S/C20H19NO2.C2H6/c1-3-5-18(6-4-2)21-20(23)17-9-7-15(8-10-17)16-11-13-19(22)14-12-16;1-2/h3-14,22H,1H2,2H3,(H,21,23);1-2H3/b6-4-,18-5+;. The van der Waals surface area contributed by atoms with E-state index in [1.54, 1.807) is 36.4 Å². The maximum atomic E-state index is 12.2. The summed E-state index contributed by atoms with van der Waals surface area (Å²) in [6.45, 7) is 9.52. The van der Waals surface area contributed by atoms with Gasteiger partial charge in [0.05, 0.1) is 0 Å².